The summed E-state index contributed by atoms with van der Waals surface area (Å²) in [5, 5.41) is 0. The second-order valence-corrected chi connectivity index (χ2v) is 6.03. The summed E-state index contributed by atoms with van der Waals surface area (Å²) in [4.78, 5) is 5.09. The van der Waals surface area contributed by atoms with E-state index in [9.17, 15) is 0 Å². The number of hydrogen-bond donors (Lipinski definition) is 0. The van der Waals surface area contributed by atoms with Crippen molar-refractivity contribution in [1.82, 2.24) is 9.80 Å². The molecule has 2 aliphatic rings. The van der Waals surface area contributed by atoms with Crippen molar-refractivity contribution in [1.29, 1.82) is 0 Å². The molecule has 19 heavy (non-hydrogen) atoms. The molecule has 2 heterocycles. The largest absolute Gasteiger partial charge is 0.301 e. The Labute approximate surface area is 122 Å². The van der Waals surface area contributed by atoms with Gasteiger partial charge in [-0.2, -0.15) is 0 Å². The van der Waals surface area contributed by atoms with Gasteiger partial charge in [0, 0.05) is 12.1 Å². The molecule has 2 saturated heterocycles. The third-order valence-corrected chi connectivity index (χ3v) is 3.99. The van der Waals surface area contributed by atoms with Crippen molar-refractivity contribution in [2.75, 3.05) is 26.2 Å². The van der Waals surface area contributed by atoms with E-state index in [4.69, 9.17) is 0 Å². The van der Waals surface area contributed by atoms with E-state index in [0.29, 0.717) is 0 Å². The van der Waals surface area contributed by atoms with E-state index < -0.39 is 0 Å². The Morgan fingerprint density at radius 3 is 1.00 bits per heavy atom. The molecule has 2 heteroatoms. The third-order valence-electron chi connectivity index (χ3n) is 3.99. The first-order valence-electron chi connectivity index (χ1n) is 8.59. The number of likely N-dealkylation sites (tertiary alicyclic amines) is 2. The molecule has 0 amide bonds. The minimum atomic E-state index is 0.769. The van der Waals surface area contributed by atoms with Crippen molar-refractivity contribution >= 4 is 0 Å². The lowest BCUT2D eigenvalue weighted by molar-refractivity contribution is 0.185. The van der Waals surface area contributed by atoms with Crippen LogP contribution in [0.15, 0.2) is 0 Å². The Hall–Kier alpha value is -0.0800. The zero-order valence-electron chi connectivity index (χ0n) is 14.4. The topological polar surface area (TPSA) is 6.48 Å². The van der Waals surface area contributed by atoms with Crippen LogP contribution in [-0.4, -0.2) is 48.1 Å². The quantitative estimate of drug-likeness (QED) is 0.734. The van der Waals surface area contributed by atoms with Crippen LogP contribution in [0.5, 0.6) is 0 Å². The molecule has 0 spiro atoms. The Balaban J connectivity index is 0.000000303. The van der Waals surface area contributed by atoms with E-state index in [1.54, 1.807) is 0 Å². The fourth-order valence-corrected chi connectivity index (χ4v) is 2.69. The van der Waals surface area contributed by atoms with Gasteiger partial charge in [-0.3, -0.25) is 0 Å². The monoisotopic (exact) mass is 270 g/mol. The average molecular weight is 271 g/mol. The molecule has 0 saturated carbocycles. The highest BCUT2D eigenvalue weighted by atomic mass is 15.2. The Bertz CT molecular complexity index is 178. The molecule has 0 aliphatic carbocycles. The standard InChI is InChI=1S/C8H17N.C7H15N.C2H6/c1-8(2)9-6-4-3-5-7-9;1-7(2)8-5-3-4-6-8;1-2/h8H,3-7H2,1-2H3;7H,3-6H2,1-2H3;1-2H3. The van der Waals surface area contributed by atoms with Crippen LogP contribution in [0, 0.1) is 0 Å². The van der Waals surface area contributed by atoms with Crippen LogP contribution in [0.4, 0.5) is 0 Å². The highest BCUT2D eigenvalue weighted by molar-refractivity contribution is 4.69. The lowest BCUT2D eigenvalue weighted by Crippen LogP contribution is -2.35. The van der Waals surface area contributed by atoms with Gasteiger partial charge in [0.2, 0.25) is 0 Å². The Morgan fingerprint density at radius 2 is 0.789 bits per heavy atom. The van der Waals surface area contributed by atoms with E-state index in [2.05, 4.69) is 37.5 Å². The third kappa shape index (κ3) is 8.65. The Morgan fingerprint density at radius 1 is 0.526 bits per heavy atom. The lowest BCUT2D eigenvalue weighted by atomic mass is 10.1. The maximum Gasteiger partial charge on any atom is 0.00385 e. The number of piperidine rings is 1. The maximum absolute atomic E-state index is 2.56. The minimum absolute atomic E-state index is 0.769. The minimum Gasteiger partial charge on any atom is -0.301 e. The number of rotatable bonds is 2. The maximum atomic E-state index is 2.56. The highest BCUT2D eigenvalue weighted by Crippen LogP contribution is 2.11. The zero-order chi connectivity index (χ0) is 14.7. The summed E-state index contributed by atoms with van der Waals surface area (Å²) < 4.78 is 0. The molecule has 0 unspecified atom stereocenters. The second-order valence-electron chi connectivity index (χ2n) is 6.03. The van der Waals surface area contributed by atoms with Crippen molar-refractivity contribution in [3.63, 3.8) is 0 Å². The van der Waals surface area contributed by atoms with Gasteiger partial charge in [-0.1, -0.05) is 20.3 Å². The predicted molar refractivity (Wildman–Crippen MR) is 87.9 cm³/mol. The molecular formula is C17H38N2. The van der Waals surface area contributed by atoms with Crippen molar-refractivity contribution in [3.05, 3.63) is 0 Å². The van der Waals surface area contributed by atoms with Crippen LogP contribution in [0.1, 0.15) is 73.6 Å². The van der Waals surface area contributed by atoms with Gasteiger partial charge in [0.25, 0.3) is 0 Å². The molecule has 2 fully saturated rings. The molecule has 0 radical (unpaired) electrons. The van der Waals surface area contributed by atoms with Crippen molar-refractivity contribution in [2.45, 2.75) is 85.7 Å². The molecule has 0 aromatic rings. The van der Waals surface area contributed by atoms with Gasteiger partial charge >= 0.3 is 0 Å². The summed E-state index contributed by atoms with van der Waals surface area (Å²) in [6.45, 7) is 18.4. The molecule has 2 aliphatic heterocycles. The number of nitrogens with zero attached hydrogens (tertiary/aromatic N) is 2. The molecule has 0 aromatic carbocycles. The summed E-state index contributed by atoms with van der Waals surface area (Å²) in [5.74, 6) is 0. The molecule has 2 rings (SSSR count). The van der Waals surface area contributed by atoms with E-state index in [-0.39, 0.29) is 0 Å². The van der Waals surface area contributed by atoms with Crippen LogP contribution < -0.4 is 0 Å². The lowest BCUT2D eigenvalue weighted by Gasteiger charge is -2.29. The summed E-state index contributed by atoms with van der Waals surface area (Å²) in [6.07, 6.45) is 7.11. The molecule has 0 aromatic heterocycles. The molecule has 0 bridgehead atoms. The average Bonchev–Trinajstić information content (AvgIpc) is 2.97. The molecule has 0 N–H and O–H groups in total. The fraction of sp³-hybridized carbons (Fsp3) is 1.00. The first kappa shape index (κ1) is 18.9. The van der Waals surface area contributed by atoms with E-state index in [1.165, 1.54) is 58.3 Å². The zero-order valence-corrected chi connectivity index (χ0v) is 14.4. The molecule has 2 nitrogen and oxygen atoms in total. The van der Waals surface area contributed by atoms with Gasteiger partial charge in [-0.15, -0.1) is 0 Å². The Kier molecular flexibility index (Phi) is 11.7. The van der Waals surface area contributed by atoms with E-state index in [1.807, 2.05) is 13.8 Å². The van der Waals surface area contributed by atoms with Crippen LogP contribution >= 0.6 is 0 Å². The molecular weight excluding hydrogens is 232 g/mol. The van der Waals surface area contributed by atoms with Crippen LogP contribution in [0.25, 0.3) is 0 Å². The first-order valence-corrected chi connectivity index (χ1v) is 8.59. The van der Waals surface area contributed by atoms with Crippen LogP contribution in [-0.2, 0) is 0 Å². The van der Waals surface area contributed by atoms with Gasteiger partial charge in [0.1, 0.15) is 0 Å². The summed E-state index contributed by atoms with van der Waals surface area (Å²) in [6, 6.07) is 1.54. The van der Waals surface area contributed by atoms with Crippen LogP contribution in [0.3, 0.4) is 0 Å². The van der Waals surface area contributed by atoms with Gasteiger partial charge in [0.15, 0.2) is 0 Å². The summed E-state index contributed by atoms with van der Waals surface area (Å²) >= 11 is 0. The van der Waals surface area contributed by atoms with Gasteiger partial charge < -0.3 is 9.80 Å². The predicted octanol–water partition coefficient (Wildman–Crippen LogP) is 4.40. The summed E-state index contributed by atoms with van der Waals surface area (Å²) in [7, 11) is 0. The van der Waals surface area contributed by atoms with Crippen molar-refractivity contribution in [3.8, 4) is 0 Å². The van der Waals surface area contributed by atoms with Crippen molar-refractivity contribution in [2.24, 2.45) is 0 Å². The van der Waals surface area contributed by atoms with E-state index in [0.717, 1.165) is 12.1 Å². The van der Waals surface area contributed by atoms with Gasteiger partial charge in [-0.05, 0) is 79.6 Å². The molecule has 0 atom stereocenters. The normalized spacial score (nSPS) is 20.8. The molecule has 116 valence electrons. The SMILES string of the molecule is CC.CC(C)N1CCCC1.CC(C)N1CCCCC1. The number of hydrogen-bond acceptors (Lipinski definition) is 2. The highest BCUT2D eigenvalue weighted by Gasteiger charge is 2.13. The van der Waals surface area contributed by atoms with Crippen molar-refractivity contribution < 1.29 is 0 Å². The van der Waals surface area contributed by atoms with Gasteiger partial charge in [-0.25, -0.2) is 0 Å². The second kappa shape index (κ2) is 11.7. The first-order chi connectivity index (χ1) is 9.11. The smallest absolute Gasteiger partial charge is 0.00385 e. The fourth-order valence-electron chi connectivity index (χ4n) is 2.69. The van der Waals surface area contributed by atoms with Gasteiger partial charge in [0.05, 0.1) is 0 Å². The van der Waals surface area contributed by atoms with Crippen LogP contribution in [0.2, 0.25) is 0 Å². The summed E-state index contributed by atoms with van der Waals surface area (Å²) in [5.41, 5.74) is 0. The van der Waals surface area contributed by atoms with E-state index >= 15 is 0 Å².